The van der Waals surface area contributed by atoms with Crippen LogP contribution in [0.2, 0.25) is 0 Å². The van der Waals surface area contributed by atoms with Gasteiger partial charge < -0.3 is 4.42 Å². The van der Waals surface area contributed by atoms with Crippen LogP contribution in [0.4, 0.5) is 0 Å². The molecule has 2 rings (SSSR count). The number of hydrogen-bond donors (Lipinski definition) is 0. The van der Waals surface area contributed by atoms with Crippen LogP contribution in [0, 0.1) is 0 Å². The van der Waals surface area contributed by atoms with Crippen LogP contribution in [0.25, 0.3) is 11.1 Å². The van der Waals surface area contributed by atoms with Crippen LogP contribution in [0.5, 0.6) is 0 Å². The maximum absolute atomic E-state index is 5.53. The summed E-state index contributed by atoms with van der Waals surface area (Å²) in [5, 5.41) is 0. The van der Waals surface area contributed by atoms with Gasteiger partial charge in [0.2, 0.25) is 0 Å². The number of aryl methyl sites for hydroxylation is 1. The van der Waals surface area contributed by atoms with E-state index in [-0.39, 0.29) is 0 Å². The summed E-state index contributed by atoms with van der Waals surface area (Å²) in [5.74, 6) is 0.829. The summed E-state index contributed by atoms with van der Waals surface area (Å²) < 4.78 is 6.57. The van der Waals surface area contributed by atoms with Crippen LogP contribution in [0.15, 0.2) is 27.1 Å². The Morgan fingerprint density at radius 1 is 1.46 bits per heavy atom. The van der Waals surface area contributed by atoms with Crippen molar-refractivity contribution in [3.05, 3.63) is 28.6 Å². The third-order valence-corrected chi connectivity index (χ3v) is 2.35. The van der Waals surface area contributed by atoms with E-state index >= 15 is 0 Å². The molecule has 0 fully saturated rings. The van der Waals surface area contributed by atoms with Gasteiger partial charge in [-0.15, -0.1) is 0 Å². The molecule has 1 aromatic carbocycles. The lowest BCUT2D eigenvalue weighted by Gasteiger charge is -1.86. The molecule has 2 nitrogen and oxygen atoms in total. The maximum Gasteiger partial charge on any atom is 0.195 e. The van der Waals surface area contributed by atoms with E-state index in [0.29, 0.717) is 0 Å². The highest BCUT2D eigenvalue weighted by Gasteiger charge is 2.04. The Kier molecular flexibility index (Phi) is 2.36. The first-order valence-electron chi connectivity index (χ1n) is 4.34. The molecule has 0 saturated carbocycles. The first-order valence-corrected chi connectivity index (χ1v) is 5.14. The standard InChI is InChI=1S/C10H10BrNO/c1-2-3-10-12-8-6-7(11)4-5-9(8)13-10/h4-6H,2-3H2,1H3. The minimum Gasteiger partial charge on any atom is -0.441 e. The largest absolute Gasteiger partial charge is 0.441 e. The van der Waals surface area contributed by atoms with Crippen LogP contribution in [-0.2, 0) is 6.42 Å². The summed E-state index contributed by atoms with van der Waals surface area (Å²) in [6.45, 7) is 2.12. The molecule has 3 heteroatoms. The highest BCUT2D eigenvalue weighted by atomic mass is 79.9. The fourth-order valence-electron chi connectivity index (χ4n) is 1.27. The lowest BCUT2D eigenvalue weighted by Crippen LogP contribution is -1.79. The van der Waals surface area contributed by atoms with Gasteiger partial charge in [-0.3, -0.25) is 0 Å². The van der Waals surface area contributed by atoms with E-state index in [4.69, 9.17) is 4.42 Å². The highest BCUT2D eigenvalue weighted by Crippen LogP contribution is 2.20. The second-order valence-corrected chi connectivity index (χ2v) is 3.89. The molecule has 0 radical (unpaired) electrons. The third-order valence-electron chi connectivity index (χ3n) is 1.86. The molecule has 0 aliphatic rings. The molecule has 0 spiro atoms. The SMILES string of the molecule is CCCc1nc2cc(Br)ccc2o1. The highest BCUT2D eigenvalue weighted by molar-refractivity contribution is 9.10. The summed E-state index contributed by atoms with van der Waals surface area (Å²) >= 11 is 3.40. The number of nitrogens with zero attached hydrogens (tertiary/aromatic N) is 1. The molecule has 0 atom stereocenters. The molecular weight excluding hydrogens is 230 g/mol. The van der Waals surface area contributed by atoms with Crippen molar-refractivity contribution < 1.29 is 4.42 Å². The fourth-order valence-corrected chi connectivity index (χ4v) is 1.62. The molecule has 0 amide bonds. The van der Waals surface area contributed by atoms with E-state index in [1.54, 1.807) is 0 Å². The van der Waals surface area contributed by atoms with Gasteiger partial charge in [-0.1, -0.05) is 22.9 Å². The normalized spacial score (nSPS) is 10.9. The second-order valence-electron chi connectivity index (χ2n) is 2.97. The van der Waals surface area contributed by atoms with Gasteiger partial charge in [0.1, 0.15) is 5.52 Å². The van der Waals surface area contributed by atoms with Gasteiger partial charge in [-0.05, 0) is 24.6 Å². The molecule has 13 heavy (non-hydrogen) atoms. The lowest BCUT2D eigenvalue weighted by molar-refractivity contribution is 0.525. The van der Waals surface area contributed by atoms with Crippen molar-refractivity contribution >= 4 is 27.0 Å². The van der Waals surface area contributed by atoms with Crippen molar-refractivity contribution in [1.82, 2.24) is 4.98 Å². The molecule has 1 aromatic heterocycles. The first-order chi connectivity index (χ1) is 6.29. The average molecular weight is 240 g/mol. The topological polar surface area (TPSA) is 26.0 Å². The molecular formula is C10H10BrNO. The molecule has 0 aliphatic heterocycles. The summed E-state index contributed by atoms with van der Waals surface area (Å²) in [6, 6.07) is 5.87. The monoisotopic (exact) mass is 239 g/mol. The zero-order valence-electron chi connectivity index (χ0n) is 7.38. The number of hydrogen-bond acceptors (Lipinski definition) is 2. The Morgan fingerprint density at radius 3 is 3.08 bits per heavy atom. The van der Waals surface area contributed by atoms with Gasteiger partial charge in [0, 0.05) is 10.9 Å². The van der Waals surface area contributed by atoms with Crippen molar-refractivity contribution in [2.45, 2.75) is 19.8 Å². The minimum atomic E-state index is 0.829. The quantitative estimate of drug-likeness (QED) is 0.802. The van der Waals surface area contributed by atoms with Crippen molar-refractivity contribution in [3.63, 3.8) is 0 Å². The number of halogens is 1. The van der Waals surface area contributed by atoms with Crippen LogP contribution in [-0.4, -0.2) is 4.98 Å². The first kappa shape index (κ1) is 8.75. The van der Waals surface area contributed by atoms with E-state index in [1.807, 2.05) is 18.2 Å². The second kappa shape index (κ2) is 3.50. The van der Waals surface area contributed by atoms with Gasteiger partial charge in [0.15, 0.2) is 11.5 Å². The molecule has 0 aliphatic carbocycles. The van der Waals surface area contributed by atoms with E-state index in [1.165, 1.54) is 0 Å². The minimum absolute atomic E-state index is 0.829. The summed E-state index contributed by atoms with van der Waals surface area (Å²) in [6.07, 6.45) is 1.97. The van der Waals surface area contributed by atoms with Gasteiger partial charge in [0.25, 0.3) is 0 Å². The van der Waals surface area contributed by atoms with Crippen molar-refractivity contribution in [2.24, 2.45) is 0 Å². The predicted octanol–water partition coefficient (Wildman–Crippen LogP) is 3.54. The maximum atomic E-state index is 5.53. The molecule has 0 bridgehead atoms. The summed E-state index contributed by atoms with van der Waals surface area (Å²) in [7, 11) is 0. The smallest absolute Gasteiger partial charge is 0.195 e. The molecule has 0 N–H and O–H groups in total. The van der Waals surface area contributed by atoms with Crippen LogP contribution >= 0.6 is 15.9 Å². The van der Waals surface area contributed by atoms with Crippen LogP contribution < -0.4 is 0 Å². The number of oxazole rings is 1. The van der Waals surface area contributed by atoms with Gasteiger partial charge in [-0.2, -0.15) is 0 Å². The predicted molar refractivity (Wildman–Crippen MR) is 55.7 cm³/mol. The zero-order valence-corrected chi connectivity index (χ0v) is 8.97. The van der Waals surface area contributed by atoms with Crippen LogP contribution in [0.1, 0.15) is 19.2 Å². The van der Waals surface area contributed by atoms with Gasteiger partial charge >= 0.3 is 0 Å². The van der Waals surface area contributed by atoms with E-state index in [9.17, 15) is 0 Å². The van der Waals surface area contributed by atoms with E-state index in [0.717, 1.165) is 34.3 Å². The molecule has 1 heterocycles. The molecule has 0 saturated heterocycles. The summed E-state index contributed by atoms with van der Waals surface area (Å²) in [4.78, 5) is 4.37. The molecule has 2 aromatic rings. The summed E-state index contributed by atoms with van der Waals surface area (Å²) in [5.41, 5.74) is 1.80. The lowest BCUT2D eigenvalue weighted by atomic mass is 10.3. The van der Waals surface area contributed by atoms with E-state index < -0.39 is 0 Å². The third kappa shape index (κ3) is 1.75. The Hall–Kier alpha value is -0.830. The fraction of sp³-hybridized carbons (Fsp3) is 0.300. The number of benzene rings is 1. The van der Waals surface area contributed by atoms with Crippen LogP contribution in [0.3, 0.4) is 0 Å². The van der Waals surface area contributed by atoms with Crippen molar-refractivity contribution in [3.8, 4) is 0 Å². The zero-order chi connectivity index (χ0) is 9.26. The average Bonchev–Trinajstić information content (AvgIpc) is 2.46. The number of rotatable bonds is 2. The van der Waals surface area contributed by atoms with E-state index in [2.05, 4.69) is 27.8 Å². The number of fused-ring (bicyclic) bond motifs is 1. The Balaban J connectivity index is 2.49. The van der Waals surface area contributed by atoms with Gasteiger partial charge in [0.05, 0.1) is 0 Å². The Labute approximate surface area is 85.1 Å². The van der Waals surface area contributed by atoms with Crippen molar-refractivity contribution in [2.75, 3.05) is 0 Å². The Bertz CT molecular complexity index is 422. The number of aromatic nitrogens is 1. The van der Waals surface area contributed by atoms with Crippen molar-refractivity contribution in [1.29, 1.82) is 0 Å². The Morgan fingerprint density at radius 2 is 2.31 bits per heavy atom. The molecule has 0 unspecified atom stereocenters. The van der Waals surface area contributed by atoms with Gasteiger partial charge in [-0.25, -0.2) is 4.98 Å². The molecule has 68 valence electrons.